The molecule has 2 atom stereocenters. The molecule has 8 aromatic rings. The van der Waals surface area contributed by atoms with E-state index in [0.717, 1.165) is 18.5 Å². The number of hydrogen-bond donors (Lipinski definition) is 1. The second-order valence-corrected chi connectivity index (χ2v) is 13.8. The van der Waals surface area contributed by atoms with Gasteiger partial charge in [0.2, 0.25) is 0 Å². The maximum absolute atomic E-state index is 4.00. The lowest BCUT2D eigenvalue weighted by atomic mass is 9.90. The molecule has 2 aliphatic rings. The third kappa shape index (κ3) is 4.54. The van der Waals surface area contributed by atoms with Gasteiger partial charge >= 0.3 is 0 Å². The minimum atomic E-state index is -0.0369. The van der Waals surface area contributed by atoms with Crippen LogP contribution in [0.25, 0.3) is 60.8 Å². The Labute approximate surface area is 292 Å². The lowest BCUT2D eigenvalue weighted by Crippen LogP contribution is -2.41. The highest BCUT2D eigenvalue weighted by Crippen LogP contribution is 2.44. The first-order chi connectivity index (χ1) is 24.7. The highest BCUT2D eigenvalue weighted by atomic mass is 15.3. The van der Waals surface area contributed by atoms with Crippen molar-refractivity contribution in [2.45, 2.75) is 25.0 Å². The van der Waals surface area contributed by atoms with Crippen LogP contribution in [0.2, 0.25) is 0 Å². The molecule has 50 heavy (non-hydrogen) atoms. The molecule has 0 radical (unpaired) electrons. The summed E-state index contributed by atoms with van der Waals surface area (Å²) in [4.78, 5) is 2.48. The average Bonchev–Trinajstić information content (AvgIpc) is 3.53. The number of fused-ring (bicyclic) bond motifs is 8. The second-order valence-electron chi connectivity index (χ2n) is 13.8. The maximum Gasteiger partial charge on any atom is 0.106 e. The average molecular weight is 644 g/mol. The molecule has 0 saturated heterocycles. The molecule has 2 unspecified atom stereocenters. The first-order valence-corrected chi connectivity index (χ1v) is 17.7. The number of aryl methyl sites for hydroxylation is 1. The molecule has 2 heterocycles. The summed E-state index contributed by atoms with van der Waals surface area (Å²) in [6, 6.07) is 53.6. The van der Waals surface area contributed by atoms with Crippen molar-refractivity contribution < 1.29 is 0 Å². The lowest BCUT2D eigenvalue weighted by Gasteiger charge is -2.41. The molecule has 1 aliphatic heterocycles. The van der Waals surface area contributed by atoms with E-state index >= 15 is 0 Å². The zero-order valence-electron chi connectivity index (χ0n) is 28.1. The molecule has 1 aliphatic carbocycles. The summed E-state index contributed by atoms with van der Waals surface area (Å²) >= 11 is 0. The number of rotatable bonds is 4. The van der Waals surface area contributed by atoms with Gasteiger partial charge in [0.05, 0.1) is 22.8 Å². The fourth-order valence-corrected chi connectivity index (χ4v) is 8.54. The molecule has 0 spiro atoms. The molecule has 240 valence electrons. The van der Waals surface area contributed by atoms with Crippen molar-refractivity contribution in [3.8, 4) is 5.69 Å². The normalized spacial score (nSPS) is 17.7. The summed E-state index contributed by atoms with van der Waals surface area (Å²) < 4.78 is 2.55. The van der Waals surface area contributed by atoms with Crippen LogP contribution in [0.4, 0.5) is 0 Å². The molecule has 0 amide bonds. The molecule has 10 rings (SSSR count). The van der Waals surface area contributed by atoms with Gasteiger partial charge in [-0.3, -0.25) is 4.90 Å². The van der Waals surface area contributed by atoms with Gasteiger partial charge in [0, 0.05) is 22.0 Å². The molecule has 1 aromatic heterocycles. The van der Waals surface area contributed by atoms with E-state index in [9.17, 15) is 0 Å². The van der Waals surface area contributed by atoms with E-state index in [0.29, 0.717) is 0 Å². The largest absolute Gasteiger partial charge is 0.366 e. The Balaban J connectivity index is 1.24. The number of likely N-dealkylation sites (N-methyl/N-ethyl adjacent to an activating group) is 1. The summed E-state index contributed by atoms with van der Waals surface area (Å²) in [7, 11) is 2.26. The Morgan fingerprint density at radius 3 is 1.92 bits per heavy atom. The molecule has 7 aromatic carbocycles. The Bertz CT molecular complexity index is 2550. The van der Waals surface area contributed by atoms with E-state index in [1.165, 1.54) is 76.9 Å². The van der Waals surface area contributed by atoms with Crippen LogP contribution in [0.15, 0.2) is 158 Å². The van der Waals surface area contributed by atoms with Crippen molar-refractivity contribution in [3.63, 3.8) is 0 Å². The first-order valence-electron chi connectivity index (χ1n) is 17.7. The minimum Gasteiger partial charge on any atom is -0.366 e. The number of allylic oxidation sites excluding steroid dienone is 1. The zero-order valence-corrected chi connectivity index (χ0v) is 28.1. The third-order valence-corrected chi connectivity index (χ3v) is 10.9. The topological polar surface area (TPSA) is 20.2 Å². The Morgan fingerprint density at radius 1 is 0.620 bits per heavy atom. The van der Waals surface area contributed by atoms with Crippen molar-refractivity contribution >= 4 is 55.1 Å². The molecule has 0 saturated carbocycles. The van der Waals surface area contributed by atoms with Crippen molar-refractivity contribution in [1.29, 1.82) is 0 Å². The highest BCUT2D eigenvalue weighted by molar-refractivity contribution is 6.28. The quantitative estimate of drug-likeness (QED) is 0.206. The minimum absolute atomic E-state index is 0.0369. The molecule has 0 fully saturated rings. The predicted molar refractivity (Wildman–Crippen MR) is 210 cm³/mol. The Hall–Kier alpha value is -5.90. The highest BCUT2D eigenvalue weighted by Gasteiger charge is 2.31. The van der Waals surface area contributed by atoms with Gasteiger partial charge in [-0.1, -0.05) is 140 Å². The molecular weight excluding hydrogens is 607 g/mol. The summed E-state index contributed by atoms with van der Waals surface area (Å²) in [5.41, 5.74) is 11.4. The summed E-state index contributed by atoms with van der Waals surface area (Å²) in [5.74, 6) is 0. The molecule has 3 nitrogen and oxygen atoms in total. The van der Waals surface area contributed by atoms with Crippen LogP contribution in [-0.2, 0) is 6.42 Å². The van der Waals surface area contributed by atoms with Crippen molar-refractivity contribution in [3.05, 3.63) is 186 Å². The fourth-order valence-electron chi connectivity index (χ4n) is 8.54. The Kier molecular flexibility index (Phi) is 6.75. The standard InChI is InChI=1S/C47H37N3/c1-49-43(34-18-6-3-7-19-34)30-40(33-16-4-2-5-17-33)48-47(49)36-28-35-20-10-11-21-37(35)44(29-36)50-41-26-24-31-14-8-12-22-38(31)45(41)46-39-23-13-9-15-32(39)25-27-42(46)50/h2-9,11-19,21-30,43,47-48H,10,20H2,1H3. The van der Waals surface area contributed by atoms with Crippen LogP contribution in [0.3, 0.4) is 0 Å². The van der Waals surface area contributed by atoms with Crippen LogP contribution in [0, 0.1) is 0 Å². The number of benzene rings is 7. The SMILES string of the molecule is CN1C(c2ccccc2)C=C(c2ccccc2)NC1c1cc2c(c(-n3c4ccc5ccccc5c4c4c5ccccc5ccc43)c1)C=CCC2. The molecule has 1 N–H and O–H groups in total. The smallest absolute Gasteiger partial charge is 0.106 e. The van der Waals surface area contributed by atoms with E-state index in [4.69, 9.17) is 0 Å². The molecule has 3 heteroatoms. The summed E-state index contributed by atoms with van der Waals surface area (Å²) in [6.45, 7) is 0. The van der Waals surface area contributed by atoms with Crippen molar-refractivity contribution in [2.24, 2.45) is 0 Å². The Morgan fingerprint density at radius 2 is 1.24 bits per heavy atom. The van der Waals surface area contributed by atoms with Gasteiger partial charge in [0.1, 0.15) is 6.17 Å². The number of aromatic nitrogens is 1. The van der Waals surface area contributed by atoms with Gasteiger partial charge in [-0.2, -0.15) is 0 Å². The van der Waals surface area contributed by atoms with Crippen LogP contribution in [0.5, 0.6) is 0 Å². The zero-order chi connectivity index (χ0) is 33.2. The van der Waals surface area contributed by atoms with Crippen LogP contribution < -0.4 is 5.32 Å². The van der Waals surface area contributed by atoms with Gasteiger partial charge in [-0.05, 0) is 88.0 Å². The molecule has 0 bridgehead atoms. The van der Waals surface area contributed by atoms with Gasteiger partial charge < -0.3 is 9.88 Å². The number of nitrogens with zero attached hydrogens (tertiary/aromatic N) is 2. The third-order valence-electron chi connectivity index (χ3n) is 10.9. The van der Waals surface area contributed by atoms with E-state index in [1.807, 2.05) is 0 Å². The summed E-state index contributed by atoms with van der Waals surface area (Å²) in [5, 5.41) is 11.8. The van der Waals surface area contributed by atoms with Gasteiger partial charge in [0.15, 0.2) is 0 Å². The van der Waals surface area contributed by atoms with Gasteiger partial charge in [-0.25, -0.2) is 0 Å². The van der Waals surface area contributed by atoms with E-state index in [1.54, 1.807) is 0 Å². The van der Waals surface area contributed by atoms with E-state index in [-0.39, 0.29) is 12.2 Å². The van der Waals surface area contributed by atoms with Crippen molar-refractivity contribution in [1.82, 2.24) is 14.8 Å². The summed E-state index contributed by atoms with van der Waals surface area (Å²) in [6.07, 6.45) is 9.12. The number of hydrogen-bond acceptors (Lipinski definition) is 2. The maximum atomic E-state index is 4.00. The monoisotopic (exact) mass is 643 g/mol. The second kappa shape index (κ2) is 11.6. The van der Waals surface area contributed by atoms with E-state index < -0.39 is 0 Å². The van der Waals surface area contributed by atoms with Gasteiger partial charge in [0.25, 0.3) is 0 Å². The first kappa shape index (κ1) is 29.1. The van der Waals surface area contributed by atoms with Crippen LogP contribution in [0.1, 0.15) is 46.4 Å². The van der Waals surface area contributed by atoms with E-state index in [2.05, 4.69) is 186 Å². The number of nitrogens with one attached hydrogen (secondary N) is 1. The van der Waals surface area contributed by atoms with Crippen LogP contribution in [-0.4, -0.2) is 16.5 Å². The van der Waals surface area contributed by atoms with Gasteiger partial charge in [-0.15, -0.1) is 0 Å². The fraction of sp³-hybridized carbons (Fsp3) is 0.106. The molecular formula is C47H37N3. The predicted octanol–water partition coefficient (Wildman–Crippen LogP) is 11.4. The van der Waals surface area contributed by atoms with Crippen LogP contribution >= 0.6 is 0 Å². The lowest BCUT2D eigenvalue weighted by molar-refractivity contribution is 0.176. The van der Waals surface area contributed by atoms with Crippen molar-refractivity contribution in [2.75, 3.05) is 7.05 Å².